The van der Waals surface area contributed by atoms with Gasteiger partial charge in [0, 0.05) is 0 Å². The minimum atomic E-state index is -0.0912. The highest BCUT2D eigenvalue weighted by molar-refractivity contribution is 5.28. The van der Waals surface area contributed by atoms with Crippen molar-refractivity contribution in [2.75, 3.05) is 6.61 Å². The van der Waals surface area contributed by atoms with Gasteiger partial charge >= 0.3 is 0 Å². The third-order valence-electron chi connectivity index (χ3n) is 3.71. The summed E-state index contributed by atoms with van der Waals surface area (Å²) in [6, 6.07) is 16.7. The first-order chi connectivity index (χ1) is 10.2. The fourth-order valence-corrected chi connectivity index (χ4v) is 2.32. The van der Waals surface area contributed by atoms with Crippen molar-refractivity contribution in [3.05, 3.63) is 65.2 Å². The number of hydrogen-bond donors (Lipinski definition) is 1. The summed E-state index contributed by atoms with van der Waals surface area (Å²) < 4.78 is 5.77. The molecule has 2 aromatic rings. The number of aryl methyl sites for hydroxylation is 2. The van der Waals surface area contributed by atoms with Crippen LogP contribution in [0.3, 0.4) is 0 Å². The van der Waals surface area contributed by atoms with Gasteiger partial charge in [-0.1, -0.05) is 56.7 Å². The summed E-state index contributed by atoms with van der Waals surface area (Å²) in [5.41, 5.74) is 10.0. The molecule has 0 aliphatic rings. The van der Waals surface area contributed by atoms with Gasteiger partial charge < -0.3 is 10.5 Å². The zero-order chi connectivity index (χ0) is 15.1. The minimum Gasteiger partial charge on any atom is -0.492 e. The summed E-state index contributed by atoms with van der Waals surface area (Å²) in [6.45, 7) is 4.84. The molecule has 2 aromatic carbocycles. The topological polar surface area (TPSA) is 35.2 Å². The van der Waals surface area contributed by atoms with Crippen LogP contribution in [0.25, 0.3) is 0 Å². The molecule has 2 heteroatoms. The van der Waals surface area contributed by atoms with Gasteiger partial charge in [0.15, 0.2) is 0 Å². The highest BCUT2D eigenvalue weighted by Crippen LogP contribution is 2.17. The lowest BCUT2D eigenvalue weighted by Crippen LogP contribution is -2.19. The Bertz CT molecular complexity index is 530. The van der Waals surface area contributed by atoms with E-state index in [4.69, 9.17) is 10.5 Å². The van der Waals surface area contributed by atoms with Gasteiger partial charge in [-0.2, -0.15) is 0 Å². The van der Waals surface area contributed by atoms with Crippen LogP contribution in [0, 0.1) is 0 Å². The Morgan fingerprint density at radius 1 is 0.905 bits per heavy atom. The van der Waals surface area contributed by atoms with Crippen molar-refractivity contribution in [1.82, 2.24) is 0 Å². The third-order valence-corrected chi connectivity index (χ3v) is 3.71. The number of nitrogens with two attached hydrogens (primary N) is 1. The average molecular weight is 283 g/mol. The van der Waals surface area contributed by atoms with E-state index in [0.717, 1.165) is 24.2 Å². The predicted octanol–water partition coefficient (Wildman–Crippen LogP) is 4.28. The quantitative estimate of drug-likeness (QED) is 0.823. The SMILES string of the molecule is CCCc1ccc(C(N)COc2ccc(CC)cc2)cc1. The molecule has 0 saturated heterocycles. The summed E-state index contributed by atoms with van der Waals surface area (Å²) in [5, 5.41) is 0. The van der Waals surface area contributed by atoms with Crippen molar-refractivity contribution >= 4 is 0 Å². The molecular formula is C19H25NO. The van der Waals surface area contributed by atoms with E-state index in [2.05, 4.69) is 50.2 Å². The van der Waals surface area contributed by atoms with Crippen molar-refractivity contribution in [2.24, 2.45) is 5.73 Å². The van der Waals surface area contributed by atoms with Crippen molar-refractivity contribution in [3.8, 4) is 5.75 Å². The molecule has 112 valence electrons. The molecule has 0 fully saturated rings. The minimum absolute atomic E-state index is 0.0912. The molecule has 1 atom stereocenters. The lowest BCUT2D eigenvalue weighted by atomic mass is 10.0. The van der Waals surface area contributed by atoms with E-state index in [1.807, 2.05) is 12.1 Å². The maximum atomic E-state index is 6.20. The molecule has 0 aromatic heterocycles. The van der Waals surface area contributed by atoms with Crippen LogP contribution in [0.1, 0.15) is 43.0 Å². The average Bonchev–Trinajstić information content (AvgIpc) is 2.54. The number of benzene rings is 2. The van der Waals surface area contributed by atoms with E-state index in [9.17, 15) is 0 Å². The summed E-state index contributed by atoms with van der Waals surface area (Å²) in [5.74, 6) is 0.880. The Morgan fingerprint density at radius 3 is 2.10 bits per heavy atom. The maximum Gasteiger partial charge on any atom is 0.119 e. The van der Waals surface area contributed by atoms with Crippen LogP contribution in [-0.2, 0) is 12.8 Å². The van der Waals surface area contributed by atoms with Crippen molar-refractivity contribution < 1.29 is 4.74 Å². The van der Waals surface area contributed by atoms with E-state index in [-0.39, 0.29) is 6.04 Å². The molecular weight excluding hydrogens is 258 g/mol. The first-order valence-corrected chi connectivity index (χ1v) is 7.79. The van der Waals surface area contributed by atoms with Gasteiger partial charge in [0.05, 0.1) is 6.04 Å². The molecule has 0 aliphatic heterocycles. The summed E-state index contributed by atoms with van der Waals surface area (Å²) in [6.07, 6.45) is 3.34. The highest BCUT2D eigenvalue weighted by Gasteiger charge is 2.07. The maximum absolute atomic E-state index is 6.20. The molecule has 0 spiro atoms. The molecule has 0 bridgehead atoms. The van der Waals surface area contributed by atoms with Gasteiger partial charge in [-0.25, -0.2) is 0 Å². The van der Waals surface area contributed by atoms with Gasteiger partial charge in [0.2, 0.25) is 0 Å². The van der Waals surface area contributed by atoms with Crippen LogP contribution in [0.5, 0.6) is 5.75 Å². The molecule has 0 heterocycles. The second-order valence-corrected chi connectivity index (χ2v) is 5.41. The second-order valence-electron chi connectivity index (χ2n) is 5.41. The van der Waals surface area contributed by atoms with Crippen molar-refractivity contribution in [3.63, 3.8) is 0 Å². The molecule has 0 aliphatic carbocycles. The molecule has 0 amide bonds. The fraction of sp³-hybridized carbons (Fsp3) is 0.368. The standard InChI is InChI=1S/C19H25NO/c1-3-5-16-6-10-17(11-7-16)19(20)14-21-18-12-8-15(4-2)9-13-18/h6-13,19H,3-5,14,20H2,1-2H3. The van der Waals surface area contributed by atoms with E-state index in [1.165, 1.54) is 17.5 Å². The summed E-state index contributed by atoms with van der Waals surface area (Å²) in [7, 11) is 0. The zero-order valence-corrected chi connectivity index (χ0v) is 13.0. The largest absolute Gasteiger partial charge is 0.492 e. The van der Waals surface area contributed by atoms with Crippen LogP contribution in [0.15, 0.2) is 48.5 Å². The van der Waals surface area contributed by atoms with Gasteiger partial charge in [0.1, 0.15) is 12.4 Å². The Hall–Kier alpha value is -1.80. The molecule has 2 nitrogen and oxygen atoms in total. The van der Waals surface area contributed by atoms with Crippen molar-refractivity contribution in [2.45, 2.75) is 39.2 Å². The monoisotopic (exact) mass is 283 g/mol. The smallest absolute Gasteiger partial charge is 0.119 e. The molecule has 1 unspecified atom stereocenters. The number of rotatable bonds is 7. The Balaban J connectivity index is 1.89. The van der Waals surface area contributed by atoms with E-state index < -0.39 is 0 Å². The molecule has 0 radical (unpaired) electrons. The van der Waals surface area contributed by atoms with Crippen LogP contribution in [-0.4, -0.2) is 6.61 Å². The zero-order valence-electron chi connectivity index (χ0n) is 13.0. The molecule has 2 rings (SSSR count). The van der Waals surface area contributed by atoms with Crippen LogP contribution < -0.4 is 10.5 Å². The van der Waals surface area contributed by atoms with Crippen LogP contribution >= 0.6 is 0 Å². The van der Waals surface area contributed by atoms with E-state index in [1.54, 1.807) is 0 Å². The second kappa shape index (κ2) is 7.84. The molecule has 21 heavy (non-hydrogen) atoms. The first kappa shape index (κ1) is 15.6. The highest BCUT2D eigenvalue weighted by atomic mass is 16.5. The molecule has 0 saturated carbocycles. The van der Waals surface area contributed by atoms with E-state index >= 15 is 0 Å². The third kappa shape index (κ3) is 4.61. The summed E-state index contributed by atoms with van der Waals surface area (Å²) >= 11 is 0. The van der Waals surface area contributed by atoms with Gasteiger partial charge in [-0.3, -0.25) is 0 Å². The fourth-order valence-electron chi connectivity index (χ4n) is 2.32. The van der Waals surface area contributed by atoms with E-state index in [0.29, 0.717) is 6.61 Å². The molecule has 2 N–H and O–H groups in total. The lowest BCUT2D eigenvalue weighted by molar-refractivity contribution is 0.290. The van der Waals surface area contributed by atoms with Gasteiger partial charge in [0.25, 0.3) is 0 Å². The number of hydrogen-bond acceptors (Lipinski definition) is 2. The summed E-state index contributed by atoms with van der Waals surface area (Å²) in [4.78, 5) is 0. The van der Waals surface area contributed by atoms with Gasteiger partial charge in [-0.15, -0.1) is 0 Å². The van der Waals surface area contributed by atoms with Crippen molar-refractivity contribution in [1.29, 1.82) is 0 Å². The van der Waals surface area contributed by atoms with Crippen LogP contribution in [0.2, 0.25) is 0 Å². The Kier molecular flexibility index (Phi) is 5.82. The Labute approximate surface area is 127 Å². The first-order valence-electron chi connectivity index (χ1n) is 7.79. The lowest BCUT2D eigenvalue weighted by Gasteiger charge is -2.14. The van der Waals surface area contributed by atoms with Crippen LogP contribution in [0.4, 0.5) is 0 Å². The normalized spacial score (nSPS) is 12.1. The number of ether oxygens (including phenoxy) is 1. The Morgan fingerprint density at radius 2 is 1.52 bits per heavy atom. The van der Waals surface area contributed by atoms with Gasteiger partial charge in [-0.05, 0) is 41.7 Å². The predicted molar refractivity (Wildman–Crippen MR) is 88.7 cm³/mol.